The van der Waals surface area contributed by atoms with Gasteiger partial charge in [0.05, 0.1) is 18.8 Å². The molecule has 1 unspecified atom stereocenters. The highest BCUT2D eigenvalue weighted by atomic mass is 16.7. The largest absolute Gasteiger partial charge is 0.462 e. The molecular weight excluding hydrogens is 208 g/mol. The molecule has 0 radical (unpaired) electrons. The molecule has 0 rings (SSSR count). The molecule has 0 saturated carbocycles. The number of hydrogen-bond acceptors (Lipinski definition) is 4. The molecule has 0 amide bonds. The number of unbranched alkanes of at least 4 members (excludes halogenated alkanes) is 1. The Kier molecular flexibility index (Phi) is 8.85. The van der Waals surface area contributed by atoms with Crippen molar-refractivity contribution in [1.82, 2.24) is 0 Å². The van der Waals surface area contributed by atoms with E-state index in [2.05, 4.69) is 6.58 Å². The Morgan fingerprint density at radius 1 is 1.31 bits per heavy atom. The van der Waals surface area contributed by atoms with Crippen LogP contribution in [0, 0.1) is 0 Å². The van der Waals surface area contributed by atoms with E-state index in [4.69, 9.17) is 14.2 Å². The van der Waals surface area contributed by atoms with Crippen LogP contribution in [-0.4, -0.2) is 32.1 Å². The summed E-state index contributed by atoms with van der Waals surface area (Å²) in [4.78, 5) is 11.3. The van der Waals surface area contributed by atoms with E-state index in [9.17, 15) is 4.79 Å². The van der Waals surface area contributed by atoms with Gasteiger partial charge in [-0.15, -0.1) is 0 Å². The average molecular weight is 230 g/mol. The Hall–Kier alpha value is -0.870. The van der Waals surface area contributed by atoms with Gasteiger partial charge in [0.15, 0.2) is 6.29 Å². The van der Waals surface area contributed by atoms with Crippen molar-refractivity contribution in [2.75, 3.05) is 19.8 Å². The molecule has 4 heteroatoms. The third-order valence-electron chi connectivity index (χ3n) is 1.91. The number of carbonyl (C=O) groups excluding carboxylic acids is 1. The van der Waals surface area contributed by atoms with Crippen LogP contribution in [0.4, 0.5) is 0 Å². The fourth-order valence-corrected chi connectivity index (χ4v) is 0.971. The summed E-state index contributed by atoms with van der Waals surface area (Å²) in [7, 11) is 0. The predicted molar refractivity (Wildman–Crippen MR) is 62.0 cm³/mol. The third-order valence-corrected chi connectivity index (χ3v) is 1.91. The van der Waals surface area contributed by atoms with Crippen LogP contribution in [0.2, 0.25) is 0 Å². The third kappa shape index (κ3) is 7.43. The molecule has 0 spiro atoms. The predicted octanol–water partition coefficient (Wildman–Crippen LogP) is 2.29. The number of esters is 1. The van der Waals surface area contributed by atoms with Crippen LogP contribution in [0.3, 0.4) is 0 Å². The molecule has 16 heavy (non-hydrogen) atoms. The average Bonchev–Trinajstić information content (AvgIpc) is 2.26. The first-order valence-electron chi connectivity index (χ1n) is 5.69. The normalized spacial score (nSPS) is 12.2. The summed E-state index contributed by atoms with van der Waals surface area (Å²) in [6, 6.07) is 0. The topological polar surface area (TPSA) is 44.8 Å². The molecule has 0 aliphatic heterocycles. The molecular formula is C12H22O4. The maximum Gasteiger partial charge on any atom is 0.335 e. The molecule has 0 bridgehead atoms. The molecule has 0 aromatic rings. The molecule has 0 N–H and O–H groups in total. The maximum absolute atomic E-state index is 11.3. The van der Waals surface area contributed by atoms with E-state index < -0.39 is 5.97 Å². The van der Waals surface area contributed by atoms with E-state index in [0.717, 1.165) is 12.8 Å². The Morgan fingerprint density at radius 2 is 2.00 bits per heavy atom. The van der Waals surface area contributed by atoms with Gasteiger partial charge in [-0.25, -0.2) is 4.79 Å². The van der Waals surface area contributed by atoms with Crippen LogP contribution >= 0.6 is 0 Å². The fraction of sp³-hybridized carbons (Fsp3) is 0.750. The fourth-order valence-electron chi connectivity index (χ4n) is 0.971. The Bertz CT molecular complexity index is 213. The number of ether oxygens (including phenoxy) is 3. The highest BCUT2D eigenvalue weighted by Gasteiger charge is 2.10. The van der Waals surface area contributed by atoms with Crippen LogP contribution in [0.15, 0.2) is 12.2 Å². The van der Waals surface area contributed by atoms with Gasteiger partial charge in [-0.2, -0.15) is 0 Å². The van der Waals surface area contributed by atoms with Crippen molar-refractivity contribution in [2.45, 2.75) is 39.9 Å². The summed E-state index contributed by atoms with van der Waals surface area (Å²) in [5, 5.41) is 0. The molecule has 0 fully saturated rings. The minimum absolute atomic E-state index is 0.145. The smallest absolute Gasteiger partial charge is 0.335 e. The van der Waals surface area contributed by atoms with Gasteiger partial charge in [0, 0.05) is 6.61 Å². The standard InChI is InChI=1S/C12H22O4/c1-5-7-8-15-12(13)10(3)9-16-11(4)14-6-2/h11H,3,5-9H2,1-2,4H3. The van der Waals surface area contributed by atoms with Crippen molar-refractivity contribution >= 4 is 5.97 Å². The quantitative estimate of drug-likeness (QED) is 0.264. The Morgan fingerprint density at radius 3 is 2.56 bits per heavy atom. The van der Waals surface area contributed by atoms with E-state index >= 15 is 0 Å². The van der Waals surface area contributed by atoms with E-state index in [1.165, 1.54) is 0 Å². The molecule has 0 heterocycles. The highest BCUT2D eigenvalue weighted by Crippen LogP contribution is 2.01. The van der Waals surface area contributed by atoms with Crippen molar-refractivity contribution in [3.63, 3.8) is 0 Å². The van der Waals surface area contributed by atoms with E-state index in [1.807, 2.05) is 13.8 Å². The van der Waals surface area contributed by atoms with Crippen molar-refractivity contribution in [1.29, 1.82) is 0 Å². The zero-order chi connectivity index (χ0) is 12.4. The lowest BCUT2D eigenvalue weighted by Gasteiger charge is -2.13. The molecule has 1 atom stereocenters. The van der Waals surface area contributed by atoms with Crippen molar-refractivity contribution in [3.05, 3.63) is 12.2 Å². The van der Waals surface area contributed by atoms with Crippen molar-refractivity contribution in [3.8, 4) is 0 Å². The number of hydrogen-bond donors (Lipinski definition) is 0. The first-order valence-corrected chi connectivity index (χ1v) is 5.69. The van der Waals surface area contributed by atoms with Gasteiger partial charge in [-0.05, 0) is 20.3 Å². The van der Waals surface area contributed by atoms with Gasteiger partial charge in [0.1, 0.15) is 0 Å². The summed E-state index contributed by atoms with van der Waals surface area (Å²) >= 11 is 0. The highest BCUT2D eigenvalue weighted by molar-refractivity contribution is 5.87. The van der Waals surface area contributed by atoms with E-state index in [1.54, 1.807) is 6.92 Å². The molecule has 0 aromatic heterocycles. The van der Waals surface area contributed by atoms with Gasteiger partial charge in [-0.3, -0.25) is 0 Å². The van der Waals surface area contributed by atoms with Gasteiger partial charge in [0.2, 0.25) is 0 Å². The summed E-state index contributed by atoms with van der Waals surface area (Å²) in [5.74, 6) is -0.392. The summed E-state index contributed by atoms with van der Waals surface area (Å²) < 4.78 is 15.4. The van der Waals surface area contributed by atoms with Gasteiger partial charge < -0.3 is 14.2 Å². The Balaban J connectivity index is 3.66. The van der Waals surface area contributed by atoms with Gasteiger partial charge in [0.25, 0.3) is 0 Å². The molecule has 0 aromatic carbocycles. The van der Waals surface area contributed by atoms with Crippen molar-refractivity contribution < 1.29 is 19.0 Å². The summed E-state index contributed by atoms with van der Waals surface area (Å²) in [6.07, 6.45) is 1.54. The second kappa shape index (κ2) is 9.36. The molecule has 0 saturated heterocycles. The second-order valence-electron chi connectivity index (χ2n) is 3.43. The summed E-state index contributed by atoms with van der Waals surface area (Å²) in [5.41, 5.74) is 0.322. The number of rotatable bonds is 9. The lowest BCUT2D eigenvalue weighted by atomic mass is 10.3. The van der Waals surface area contributed by atoms with Crippen LogP contribution in [0.25, 0.3) is 0 Å². The molecule has 0 aliphatic rings. The SMILES string of the molecule is C=C(COC(C)OCC)C(=O)OCCCC. The minimum atomic E-state index is -0.392. The van der Waals surface area contributed by atoms with Crippen LogP contribution in [-0.2, 0) is 19.0 Å². The molecule has 94 valence electrons. The van der Waals surface area contributed by atoms with Gasteiger partial charge >= 0.3 is 5.97 Å². The zero-order valence-corrected chi connectivity index (χ0v) is 10.5. The molecule has 4 nitrogen and oxygen atoms in total. The van der Waals surface area contributed by atoms with Crippen molar-refractivity contribution in [2.24, 2.45) is 0 Å². The van der Waals surface area contributed by atoms with Crippen LogP contribution in [0.5, 0.6) is 0 Å². The van der Waals surface area contributed by atoms with Crippen LogP contribution < -0.4 is 0 Å². The molecule has 0 aliphatic carbocycles. The van der Waals surface area contributed by atoms with Crippen LogP contribution in [0.1, 0.15) is 33.6 Å². The number of carbonyl (C=O) groups is 1. The lowest BCUT2D eigenvalue weighted by molar-refractivity contribution is -0.143. The van der Waals surface area contributed by atoms with E-state index in [0.29, 0.717) is 18.8 Å². The Labute approximate surface area is 97.6 Å². The van der Waals surface area contributed by atoms with Gasteiger partial charge in [-0.1, -0.05) is 19.9 Å². The monoisotopic (exact) mass is 230 g/mol. The second-order valence-corrected chi connectivity index (χ2v) is 3.43. The first-order chi connectivity index (χ1) is 7.61. The van der Waals surface area contributed by atoms with E-state index in [-0.39, 0.29) is 12.9 Å². The minimum Gasteiger partial charge on any atom is -0.462 e. The maximum atomic E-state index is 11.3. The lowest BCUT2D eigenvalue weighted by Crippen LogP contribution is -2.18. The summed E-state index contributed by atoms with van der Waals surface area (Å²) in [6.45, 7) is 10.5. The zero-order valence-electron chi connectivity index (χ0n) is 10.5. The first kappa shape index (κ1) is 15.1.